The van der Waals surface area contributed by atoms with Crippen LogP contribution in [-0.2, 0) is 14.3 Å². The van der Waals surface area contributed by atoms with Crippen LogP contribution in [0.15, 0.2) is 22.6 Å². The SMILES string of the molecule is C/C1=C/C[C@@H](/C(C)=C/c2csc(C)n2)OC(=O)C[C@H](O)C(C)(C)C(=O)[C@H](C)C(O)[C@@H](C)CC[C@@H]1F. The third-order valence-electron chi connectivity index (χ3n) is 7.15. The minimum atomic E-state index is -1.28. The van der Waals surface area contributed by atoms with Crippen LogP contribution in [0.3, 0.4) is 0 Å². The first-order chi connectivity index (χ1) is 16.2. The van der Waals surface area contributed by atoms with Crippen molar-refractivity contribution in [3.05, 3.63) is 33.3 Å². The lowest BCUT2D eigenvalue weighted by atomic mass is 9.73. The minimum absolute atomic E-state index is 0.213. The Balaban J connectivity index is 2.38. The fourth-order valence-corrected chi connectivity index (χ4v) is 4.92. The van der Waals surface area contributed by atoms with Crippen molar-refractivity contribution in [2.45, 2.75) is 98.6 Å². The topological polar surface area (TPSA) is 96.7 Å². The molecule has 1 aliphatic heterocycles. The molecule has 1 aliphatic rings. The van der Waals surface area contributed by atoms with Crippen LogP contribution in [0.4, 0.5) is 4.39 Å². The lowest BCUT2D eigenvalue weighted by molar-refractivity contribution is -0.154. The molecule has 6 atom stereocenters. The summed E-state index contributed by atoms with van der Waals surface area (Å²) in [5.41, 5.74) is 0.765. The number of ether oxygens (including phenoxy) is 1. The average Bonchev–Trinajstić information content (AvgIpc) is 3.21. The third-order valence-corrected chi connectivity index (χ3v) is 7.95. The quantitative estimate of drug-likeness (QED) is 0.419. The number of carbonyl (C=O) groups excluding carboxylic acids is 2. The maximum absolute atomic E-state index is 14.9. The number of thiazole rings is 1. The van der Waals surface area contributed by atoms with Crippen molar-refractivity contribution in [2.24, 2.45) is 17.3 Å². The van der Waals surface area contributed by atoms with Crippen LogP contribution in [0.1, 0.15) is 77.9 Å². The van der Waals surface area contributed by atoms with Gasteiger partial charge in [-0.2, -0.15) is 0 Å². The van der Waals surface area contributed by atoms with Gasteiger partial charge in [0.05, 0.1) is 34.7 Å². The van der Waals surface area contributed by atoms with Crippen LogP contribution < -0.4 is 0 Å². The molecule has 0 saturated carbocycles. The van der Waals surface area contributed by atoms with E-state index in [1.165, 1.54) is 11.3 Å². The number of hydrogen-bond donors (Lipinski definition) is 2. The van der Waals surface area contributed by atoms with Crippen molar-refractivity contribution < 1.29 is 28.9 Å². The summed E-state index contributed by atoms with van der Waals surface area (Å²) >= 11 is 1.51. The van der Waals surface area contributed by atoms with Gasteiger partial charge in [-0.1, -0.05) is 33.8 Å². The van der Waals surface area contributed by atoms with Gasteiger partial charge in [-0.05, 0) is 56.8 Å². The largest absolute Gasteiger partial charge is 0.457 e. The first-order valence-electron chi connectivity index (χ1n) is 12.2. The molecule has 8 heteroatoms. The van der Waals surface area contributed by atoms with Crippen molar-refractivity contribution >= 4 is 29.2 Å². The van der Waals surface area contributed by atoms with Gasteiger partial charge < -0.3 is 14.9 Å². The standard InChI is InChI=1S/C27H40FNO5S/c1-15-9-11-22(17(3)12-20-14-35-19(5)29-20)34-24(31)13-23(30)27(6,7)26(33)18(4)25(32)16(2)8-10-21(15)28/h9,12,14,16,18,21-23,25,30,32H,8,10-11,13H2,1-7H3/b15-9-,17-12+/t16-,18+,21-,22-,23-,25?/m0/s1. The van der Waals surface area contributed by atoms with Crippen molar-refractivity contribution in [3.63, 3.8) is 0 Å². The Labute approximate surface area is 212 Å². The molecule has 0 bridgehead atoms. The van der Waals surface area contributed by atoms with Gasteiger partial charge in [0.2, 0.25) is 0 Å². The number of aliphatic hydroxyl groups excluding tert-OH is 2. The number of hydrogen-bond acceptors (Lipinski definition) is 7. The molecule has 0 aromatic carbocycles. The number of carbonyl (C=O) groups is 2. The van der Waals surface area contributed by atoms with E-state index in [9.17, 15) is 24.2 Å². The molecular formula is C27H40FNO5S. The van der Waals surface area contributed by atoms with Gasteiger partial charge in [-0.15, -0.1) is 11.3 Å². The molecule has 1 aromatic rings. The Bertz CT molecular complexity index is 953. The summed E-state index contributed by atoms with van der Waals surface area (Å²) < 4.78 is 20.6. The molecule has 1 aromatic heterocycles. The number of Topliss-reactive ketones (excluding diaryl/α,β-unsaturated/α-hetero) is 1. The van der Waals surface area contributed by atoms with Crippen LogP contribution in [0.5, 0.6) is 0 Å². The zero-order valence-corrected chi connectivity index (χ0v) is 22.7. The number of cyclic esters (lactones) is 1. The lowest BCUT2D eigenvalue weighted by Gasteiger charge is -2.34. The number of halogens is 1. The van der Waals surface area contributed by atoms with E-state index in [0.717, 1.165) is 16.3 Å². The van der Waals surface area contributed by atoms with Crippen molar-refractivity contribution in [1.29, 1.82) is 0 Å². The monoisotopic (exact) mass is 509 g/mol. The van der Waals surface area contributed by atoms with Crippen molar-refractivity contribution in [1.82, 2.24) is 4.98 Å². The van der Waals surface area contributed by atoms with Crippen LogP contribution in [-0.4, -0.2) is 51.4 Å². The van der Waals surface area contributed by atoms with Gasteiger partial charge >= 0.3 is 5.97 Å². The van der Waals surface area contributed by atoms with Crippen LogP contribution in [0, 0.1) is 24.2 Å². The second kappa shape index (κ2) is 12.4. The molecule has 2 rings (SSSR count). The fraction of sp³-hybridized carbons (Fsp3) is 0.667. The number of ketones is 1. The molecule has 6 nitrogen and oxygen atoms in total. The summed E-state index contributed by atoms with van der Waals surface area (Å²) in [6.45, 7) is 12.0. The van der Waals surface area contributed by atoms with Gasteiger partial charge in [0.1, 0.15) is 18.1 Å². The maximum atomic E-state index is 14.9. The highest BCUT2D eigenvalue weighted by molar-refractivity contribution is 7.09. The summed E-state index contributed by atoms with van der Waals surface area (Å²) in [7, 11) is 0. The van der Waals surface area contributed by atoms with Gasteiger partial charge in [0.15, 0.2) is 0 Å². The van der Waals surface area contributed by atoms with E-state index in [0.29, 0.717) is 12.0 Å². The van der Waals surface area contributed by atoms with E-state index in [1.807, 2.05) is 25.3 Å². The molecule has 0 saturated heterocycles. The van der Waals surface area contributed by atoms with Gasteiger partial charge in [-0.3, -0.25) is 9.59 Å². The summed E-state index contributed by atoms with van der Waals surface area (Å²) in [5, 5.41) is 24.4. The minimum Gasteiger partial charge on any atom is -0.457 e. The number of aryl methyl sites for hydroxylation is 1. The van der Waals surface area contributed by atoms with E-state index >= 15 is 0 Å². The zero-order chi connectivity index (χ0) is 26.5. The third kappa shape index (κ3) is 7.79. The number of aliphatic hydroxyl groups is 2. The van der Waals surface area contributed by atoms with Crippen LogP contribution in [0.25, 0.3) is 6.08 Å². The number of esters is 1. The molecule has 0 aliphatic carbocycles. The smallest absolute Gasteiger partial charge is 0.309 e. The van der Waals surface area contributed by atoms with E-state index in [-0.39, 0.29) is 31.0 Å². The first-order valence-corrected chi connectivity index (χ1v) is 13.1. The maximum Gasteiger partial charge on any atom is 0.309 e. The molecule has 0 fully saturated rings. The Morgan fingerprint density at radius 1 is 1.23 bits per heavy atom. The number of alkyl halides is 1. The normalized spacial score (nSPS) is 33.7. The van der Waals surface area contributed by atoms with Crippen LogP contribution in [0.2, 0.25) is 0 Å². The number of allylic oxidation sites excluding steroid dienone is 1. The van der Waals surface area contributed by atoms with Crippen molar-refractivity contribution in [2.75, 3.05) is 0 Å². The fourth-order valence-electron chi connectivity index (χ4n) is 4.35. The van der Waals surface area contributed by atoms with E-state index in [2.05, 4.69) is 4.98 Å². The molecular weight excluding hydrogens is 469 g/mol. The average molecular weight is 510 g/mol. The molecule has 2 N–H and O–H groups in total. The predicted octanol–water partition coefficient (Wildman–Crippen LogP) is 5.21. The zero-order valence-electron chi connectivity index (χ0n) is 21.9. The van der Waals surface area contributed by atoms with E-state index in [4.69, 9.17) is 4.74 Å². The second-order valence-electron chi connectivity index (χ2n) is 10.4. The lowest BCUT2D eigenvalue weighted by Crippen LogP contribution is -2.45. The molecule has 0 spiro atoms. The molecule has 196 valence electrons. The van der Waals surface area contributed by atoms with Gasteiger partial charge in [0, 0.05) is 17.7 Å². The highest BCUT2D eigenvalue weighted by atomic mass is 32.1. The second-order valence-corrected chi connectivity index (χ2v) is 11.5. The molecule has 1 unspecified atom stereocenters. The van der Waals surface area contributed by atoms with Crippen molar-refractivity contribution in [3.8, 4) is 0 Å². The Kier molecular flexibility index (Phi) is 10.4. The Morgan fingerprint density at radius 3 is 2.49 bits per heavy atom. The number of nitrogens with zero attached hydrogens (tertiary/aromatic N) is 1. The Hall–Kier alpha value is -1.90. The predicted molar refractivity (Wildman–Crippen MR) is 137 cm³/mol. The van der Waals surface area contributed by atoms with Gasteiger partial charge in [0.25, 0.3) is 0 Å². The highest BCUT2D eigenvalue weighted by Crippen LogP contribution is 2.33. The van der Waals surface area contributed by atoms with E-state index in [1.54, 1.807) is 40.7 Å². The summed E-state index contributed by atoms with van der Waals surface area (Å²) in [6.07, 6.45) is -0.0115. The first kappa shape index (κ1) is 29.3. The molecule has 35 heavy (non-hydrogen) atoms. The summed E-state index contributed by atoms with van der Waals surface area (Å²) in [6, 6.07) is 0. The Morgan fingerprint density at radius 2 is 1.89 bits per heavy atom. The highest BCUT2D eigenvalue weighted by Gasteiger charge is 2.42. The molecule has 0 radical (unpaired) electrons. The van der Waals surface area contributed by atoms with Crippen LogP contribution >= 0.6 is 11.3 Å². The summed E-state index contributed by atoms with van der Waals surface area (Å²) in [5.74, 6) is -2.07. The number of aromatic nitrogens is 1. The molecule has 0 amide bonds. The van der Waals surface area contributed by atoms with E-state index < -0.39 is 41.8 Å². The molecule has 2 heterocycles. The van der Waals surface area contributed by atoms with Gasteiger partial charge in [-0.25, -0.2) is 9.37 Å². The number of rotatable bonds is 2. The summed E-state index contributed by atoms with van der Waals surface area (Å²) in [4.78, 5) is 30.4.